The minimum absolute atomic E-state index is 0.0583. The van der Waals surface area contributed by atoms with Gasteiger partial charge >= 0.3 is 0 Å². The Morgan fingerprint density at radius 3 is 2.61 bits per heavy atom. The van der Waals surface area contributed by atoms with Crippen molar-refractivity contribution >= 4 is 17.5 Å². The number of morpholine rings is 1. The molecule has 0 aliphatic carbocycles. The molecule has 0 unspecified atom stereocenters. The summed E-state index contributed by atoms with van der Waals surface area (Å²) in [6.07, 6.45) is 4.20. The minimum Gasteiger partial charge on any atom is -0.411 e. The van der Waals surface area contributed by atoms with Crippen LogP contribution < -0.4 is 0 Å². The largest absolute Gasteiger partial charge is 0.411 e. The topological polar surface area (TPSA) is 85.0 Å². The third kappa shape index (κ3) is 5.15. The van der Waals surface area contributed by atoms with Crippen LogP contribution in [0, 0.1) is 10.1 Å². The van der Waals surface area contributed by atoms with Gasteiger partial charge < -0.3 is 14.4 Å². The van der Waals surface area contributed by atoms with Crippen LogP contribution in [0.2, 0.25) is 0 Å². The van der Waals surface area contributed by atoms with Gasteiger partial charge in [0.1, 0.15) is 13.1 Å². The summed E-state index contributed by atoms with van der Waals surface area (Å²) in [4.78, 5) is 10.2. The molecule has 0 bridgehead atoms. The maximum atomic E-state index is 10.6. The summed E-state index contributed by atoms with van der Waals surface area (Å²) in [6.45, 7) is 4.34. The Hall–Kier alpha value is -2.25. The van der Waals surface area contributed by atoms with Crippen LogP contribution in [0.5, 0.6) is 0 Å². The van der Waals surface area contributed by atoms with Crippen molar-refractivity contribution in [1.82, 2.24) is 0 Å². The predicted molar refractivity (Wildman–Crippen MR) is 87.6 cm³/mol. The molecule has 1 saturated heterocycles. The predicted octanol–water partition coefficient (Wildman–Crippen LogP) is 2.31. The Labute approximate surface area is 135 Å². The first-order valence-electron chi connectivity index (χ1n) is 7.57. The van der Waals surface area contributed by atoms with Crippen LogP contribution in [0.25, 0.3) is 6.08 Å². The van der Waals surface area contributed by atoms with E-state index < -0.39 is 4.92 Å². The number of ether oxygens (including phenoxy) is 1. The Morgan fingerprint density at radius 1 is 1.39 bits per heavy atom. The van der Waals surface area contributed by atoms with Gasteiger partial charge in [0.25, 0.3) is 5.69 Å². The van der Waals surface area contributed by atoms with Gasteiger partial charge in [-0.1, -0.05) is 11.2 Å². The van der Waals surface area contributed by atoms with Gasteiger partial charge in [-0.3, -0.25) is 10.1 Å². The molecule has 1 aromatic carbocycles. The standard InChI is InChI=1S/C16H21N3O4/c1-19(10-12-23-13-11-19)9-8-15(17-20)5-2-14-3-6-16(7-4-14)18(21)22/h2-7H,8-13H2,1H3/p+1/b5-2-,17-15+. The average molecular weight is 320 g/mol. The molecule has 1 N–H and O–H groups in total. The number of nitrogens with zero attached hydrogens (tertiary/aromatic N) is 3. The number of benzene rings is 1. The van der Waals surface area contributed by atoms with Gasteiger partial charge in [0.2, 0.25) is 0 Å². The highest BCUT2D eigenvalue weighted by Gasteiger charge is 2.25. The molecule has 1 fully saturated rings. The molecule has 0 saturated carbocycles. The molecule has 1 aromatic rings. The van der Waals surface area contributed by atoms with Crippen molar-refractivity contribution in [3.63, 3.8) is 0 Å². The fraction of sp³-hybridized carbons (Fsp3) is 0.438. The second-order valence-corrected chi connectivity index (χ2v) is 5.93. The van der Waals surface area contributed by atoms with E-state index in [0.29, 0.717) is 12.1 Å². The Kier molecular flexibility index (Phi) is 5.84. The SMILES string of the molecule is C[N+]1(CCC(/C=C\c2ccc([N+](=O)[O-])cc2)=N/O)CCOCC1. The van der Waals surface area contributed by atoms with Gasteiger partial charge in [-0.05, 0) is 23.8 Å². The van der Waals surface area contributed by atoms with Crippen LogP contribution in [0.1, 0.15) is 12.0 Å². The number of quaternary nitrogens is 1. The van der Waals surface area contributed by atoms with E-state index in [1.165, 1.54) is 12.1 Å². The Morgan fingerprint density at radius 2 is 2.04 bits per heavy atom. The first-order valence-corrected chi connectivity index (χ1v) is 7.57. The lowest BCUT2D eigenvalue weighted by molar-refractivity contribution is -0.916. The van der Waals surface area contributed by atoms with Gasteiger partial charge in [-0.25, -0.2) is 0 Å². The minimum atomic E-state index is -0.430. The molecular weight excluding hydrogens is 298 g/mol. The highest BCUT2D eigenvalue weighted by Crippen LogP contribution is 2.14. The lowest BCUT2D eigenvalue weighted by Gasteiger charge is -2.37. The van der Waals surface area contributed by atoms with Crippen molar-refractivity contribution in [3.05, 3.63) is 46.0 Å². The summed E-state index contributed by atoms with van der Waals surface area (Å²) >= 11 is 0. The van der Waals surface area contributed by atoms with E-state index in [1.807, 2.05) is 0 Å². The third-order valence-corrected chi connectivity index (χ3v) is 4.16. The fourth-order valence-electron chi connectivity index (χ4n) is 2.46. The summed E-state index contributed by atoms with van der Waals surface area (Å²) in [5.74, 6) is 0. The highest BCUT2D eigenvalue weighted by molar-refractivity contribution is 5.97. The average Bonchev–Trinajstić information content (AvgIpc) is 2.56. The summed E-state index contributed by atoms with van der Waals surface area (Å²) in [5.41, 5.74) is 1.47. The van der Waals surface area contributed by atoms with Gasteiger partial charge in [0.05, 0.1) is 37.4 Å². The summed E-state index contributed by atoms with van der Waals surface area (Å²) in [7, 11) is 2.18. The van der Waals surface area contributed by atoms with Crippen LogP contribution >= 0.6 is 0 Å². The van der Waals surface area contributed by atoms with Crippen molar-refractivity contribution in [2.45, 2.75) is 6.42 Å². The van der Waals surface area contributed by atoms with Crippen molar-refractivity contribution in [3.8, 4) is 0 Å². The molecule has 1 aliphatic heterocycles. The lowest BCUT2D eigenvalue weighted by Crippen LogP contribution is -2.52. The molecule has 124 valence electrons. The summed E-state index contributed by atoms with van der Waals surface area (Å²) in [5, 5.41) is 23.1. The first kappa shape index (κ1) is 17.1. The molecule has 0 radical (unpaired) electrons. The molecule has 2 rings (SSSR count). The number of non-ortho nitro benzene ring substituents is 1. The van der Waals surface area contributed by atoms with Gasteiger partial charge in [0, 0.05) is 18.6 Å². The van der Waals surface area contributed by atoms with Crippen LogP contribution in [-0.2, 0) is 4.74 Å². The van der Waals surface area contributed by atoms with E-state index in [9.17, 15) is 10.1 Å². The number of nitro benzene ring substituents is 1. The van der Waals surface area contributed by atoms with E-state index in [0.717, 1.165) is 42.9 Å². The van der Waals surface area contributed by atoms with Crippen molar-refractivity contribution < 1.29 is 19.4 Å². The maximum Gasteiger partial charge on any atom is 0.269 e. The second-order valence-electron chi connectivity index (χ2n) is 5.93. The zero-order valence-corrected chi connectivity index (χ0v) is 13.2. The Balaban J connectivity index is 1.92. The molecule has 1 aliphatic rings. The van der Waals surface area contributed by atoms with E-state index in [1.54, 1.807) is 24.3 Å². The second kappa shape index (κ2) is 7.85. The quantitative estimate of drug-likeness (QED) is 0.286. The molecule has 23 heavy (non-hydrogen) atoms. The molecule has 0 atom stereocenters. The van der Waals surface area contributed by atoms with E-state index in [4.69, 9.17) is 9.94 Å². The van der Waals surface area contributed by atoms with Crippen molar-refractivity contribution in [2.24, 2.45) is 5.16 Å². The zero-order valence-electron chi connectivity index (χ0n) is 13.2. The highest BCUT2D eigenvalue weighted by atomic mass is 16.6. The molecule has 0 aromatic heterocycles. The monoisotopic (exact) mass is 320 g/mol. The summed E-state index contributed by atoms with van der Waals surface area (Å²) < 4.78 is 6.28. The molecule has 1 heterocycles. The number of oxime groups is 1. The number of hydrogen-bond acceptors (Lipinski definition) is 5. The molecule has 7 heteroatoms. The molecule has 0 amide bonds. The molecule has 7 nitrogen and oxygen atoms in total. The van der Waals surface area contributed by atoms with Crippen LogP contribution in [0.15, 0.2) is 35.5 Å². The van der Waals surface area contributed by atoms with Crippen LogP contribution in [0.3, 0.4) is 0 Å². The molecule has 0 spiro atoms. The van der Waals surface area contributed by atoms with Gasteiger partial charge in [-0.15, -0.1) is 0 Å². The van der Waals surface area contributed by atoms with E-state index in [-0.39, 0.29) is 5.69 Å². The van der Waals surface area contributed by atoms with Gasteiger partial charge in [-0.2, -0.15) is 0 Å². The third-order valence-electron chi connectivity index (χ3n) is 4.16. The molecular formula is C16H22N3O4+. The number of allylic oxidation sites excluding steroid dienone is 1. The van der Waals surface area contributed by atoms with Gasteiger partial charge in [0.15, 0.2) is 0 Å². The van der Waals surface area contributed by atoms with Crippen LogP contribution in [-0.4, -0.2) is 60.2 Å². The maximum absolute atomic E-state index is 10.6. The lowest BCUT2D eigenvalue weighted by atomic mass is 10.1. The summed E-state index contributed by atoms with van der Waals surface area (Å²) in [6, 6.07) is 6.24. The normalized spacial score (nSPS) is 18.2. The number of likely N-dealkylation sites (N-methyl/N-ethyl adjacent to an activating group) is 1. The fourth-order valence-corrected chi connectivity index (χ4v) is 2.46. The van der Waals surface area contributed by atoms with E-state index >= 15 is 0 Å². The van der Waals surface area contributed by atoms with E-state index in [2.05, 4.69) is 12.2 Å². The number of nitro groups is 1. The number of rotatable bonds is 6. The van der Waals surface area contributed by atoms with Crippen LogP contribution in [0.4, 0.5) is 5.69 Å². The van der Waals surface area contributed by atoms with Crippen molar-refractivity contribution in [2.75, 3.05) is 39.9 Å². The first-order chi connectivity index (χ1) is 11.0. The number of hydrogen-bond donors (Lipinski definition) is 1. The zero-order chi connectivity index (χ0) is 16.7. The Bertz CT molecular complexity index is 590. The van der Waals surface area contributed by atoms with Crippen molar-refractivity contribution in [1.29, 1.82) is 0 Å². The smallest absolute Gasteiger partial charge is 0.269 e.